The second kappa shape index (κ2) is 12.8. The van der Waals surface area contributed by atoms with Crippen LogP contribution in [0, 0.1) is 0 Å². The van der Waals surface area contributed by atoms with Gasteiger partial charge in [-0.1, -0.05) is 61.8 Å². The van der Waals surface area contributed by atoms with Gasteiger partial charge in [0, 0.05) is 25.1 Å². The number of nitrogens with one attached hydrogen (secondary N) is 1. The van der Waals surface area contributed by atoms with E-state index in [1.54, 1.807) is 0 Å². The minimum Gasteiger partial charge on any atom is -0.484 e. The molecule has 0 radical (unpaired) electrons. The van der Waals surface area contributed by atoms with Gasteiger partial charge in [0.1, 0.15) is 11.4 Å². The highest BCUT2D eigenvalue weighted by Gasteiger charge is 2.27. The maximum atomic E-state index is 9.55. The molecular weight excluding hydrogens is 418 g/mol. The number of hydrogen-bond acceptors (Lipinski definition) is 4. The fourth-order valence-electron chi connectivity index (χ4n) is 2.90. The van der Waals surface area contributed by atoms with Crippen LogP contribution in [-0.4, -0.2) is 41.3 Å². The third-order valence-corrected chi connectivity index (χ3v) is 4.61. The first-order valence-electron chi connectivity index (χ1n) is 9.87. The van der Waals surface area contributed by atoms with Gasteiger partial charge in [0.15, 0.2) is 0 Å². The first kappa shape index (κ1) is 26.2. The summed E-state index contributed by atoms with van der Waals surface area (Å²) in [5, 5.41) is 19.5. The van der Waals surface area contributed by atoms with Crippen LogP contribution in [0.5, 0.6) is 5.75 Å². The molecule has 2 aromatic rings. The number of benzene rings is 2. The van der Waals surface area contributed by atoms with Crippen LogP contribution in [0.25, 0.3) is 0 Å². The van der Waals surface area contributed by atoms with Crippen LogP contribution < -0.4 is 10.1 Å². The normalized spacial score (nSPS) is 12.7. The molecule has 3 N–H and O–H groups in total. The number of halogens is 1. The number of hydrogen-bond donors (Lipinski definition) is 3. The highest BCUT2D eigenvalue weighted by Crippen LogP contribution is 2.32. The van der Waals surface area contributed by atoms with E-state index in [9.17, 15) is 9.59 Å². The molecule has 0 aromatic heterocycles. The zero-order valence-electron chi connectivity index (χ0n) is 18.3. The molecule has 0 aliphatic carbocycles. The fraction of sp³-hybridized carbons (Fsp3) is 0.333. The van der Waals surface area contributed by atoms with Crippen LogP contribution in [0.2, 0.25) is 5.02 Å². The van der Waals surface area contributed by atoms with E-state index in [1.807, 2.05) is 25.2 Å². The Labute approximate surface area is 188 Å². The smallest absolute Gasteiger partial charge is 0.328 e. The van der Waals surface area contributed by atoms with E-state index in [0.29, 0.717) is 23.1 Å². The Morgan fingerprint density at radius 1 is 1.10 bits per heavy atom. The van der Waals surface area contributed by atoms with Crippen molar-refractivity contribution in [3.8, 4) is 5.75 Å². The van der Waals surface area contributed by atoms with Crippen molar-refractivity contribution in [2.45, 2.75) is 38.7 Å². The maximum Gasteiger partial charge on any atom is 0.328 e. The van der Waals surface area contributed by atoms with Crippen molar-refractivity contribution in [2.24, 2.45) is 0 Å². The molecule has 0 aliphatic heterocycles. The van der Waals surface area contributed by atoms with Gasteiger partial charge in [-0.2, -0.15) is 0 Å². The van der Waals surface area contributed by atoms with Gasteiger partial charge in [-0.05, 0) is 43.1 Å². The monoisotopic (exact) mass is 447 g/mol. The number of carbonyl (C=O) groups is 2. The number of carboxylic acid groups (broad SMARTS) is 2. The van der Waals surface area contributed by atoms with Gasteiger partial charge in [0.05, 0.1) is 5.02 Å². The van der Waals surface area contributed by atoms with Crippen LogP contribution in [0.3, 0.4) is 0 Å². The molecule has 168 valence electrons. The Morgan fingerprint density at radius 3 is 2.13 bits per heavy atom. The molecule has 31 heavy (non-hydrogen) atoms. The summed E-state index contributed by atoms with van der Waals surface area (Å²) >= 11 is 6.44. The lowest BCUT2D eigenvalue weighted by Gasteiger charge is -2.31. The quantitative estimate of drug-likeness (QED) is 0.479. The third kappa shape index (κ3) is 10.2. The van der Waals surface area contributed by atoms with Crippen LogP contribution in [-0.2, 0) is 16.0 Å². The number of rotatable bonds is 9. The summed E-state index contributed by atoms with van der Waals surface area (Å²) in [5.74, 6) is -1.32. The predicted octanol–water partition coefficient (Wildman–Crippen LogP) is 4.77. The Bertz CT molecular complexity index is 867. The average molecular weight is 448 g/mol. The summed E-state index contributed by atoms with van der Waals surface area (Å²) in [4.78, 5) is 19.1. The first-order valence-corrected chi connectivity index (χ1v) is 10.2. The minimum atomic E-state index is -1.26. The molecule has 1 unspecified atom stereocenters. The molecule has 2 aromatic carbocycles. The second-order valence-corrected chi connectivity index (χ2v) is 8.01. The lowest BCUT2D eigenvalue weighted by atomic mass is 9.96. The molecular formula is C24H30ClNO5. The standard InChI is InChI=1S/C20H26ClNO.C4H4O4/c1-15(2)17-10-11-19(18(21)12-17)23-20(3,14-22-4)13-16-8-6-5-7-9-16;5-3(6)1-2-4(7)8/h5-12,15,22H,13-14H2,1-4H3;1-2H,(H,5,6)(H,7,8)/b;2-1-. The van der Waals surface area contributed by atoms with Gasteiger partial charge in [0.2, 0.25) is 0 Å². The van der Waals surface area contributed by atoms with E-state index in [1.165, 1.54) is 11.1 Å². The topological polar surface area (TPSA) is 95.9 Å². The molecule has 0 heterocycles. The highest BCUT2D eigenvalue weighted by molar-refractivity contribution is 6.32. The van der Waals surface area contributed by atoms with Crippen molar-refractivity contribution < 1.29 is 24.5 Å². The van der Waals surface area contributed by atoms with Gasteiger partial charge < -0.3 is 20.3 Å². The zero-order valence-corrected chi connectivity index (χ0v) is 19.0. The molecule has 0 bridgehead atoms. The van der Waals surface area contributed by atoms with Crippen LogP contribution >= 0.6 is 11.6 Å². The van der Waals surface area contributed by atoms with E-state index >= 15 is 0 Å². The van der Waals surface area contributed by atoms with Crippen molar-refractivity contribution >= 4 is 23.5 Å². The summed E-state index contributed by atoms with van der Waals surface area (Å²) in [6, 6.07) is 16.5. The Hall–Kier alpha value is -2.83. The summed E-state index contributed by atoms with van der Waals surface area (Å²) in [7, 11) is 1.94. The Kier molecular flexibility index (Phi) is 10.8. The minimum absolute atomic E-state index is 0.362. The Balaban J connectivity index is 0.000000512. The fourth-order valence-corrected chi connectivity index (χ4v) is 3.13. The third-order valence-electron chi connectivity index (χ3n) is 4.32. The summed E-state index contributed by atoms with van der Waals surface area (Å²) in [5.41, 5.74) is 2.11. The highest BCUT2D eigenvalue weighted by atomic mass is 35.5. The van der Waals surface area contributed by atoms with Gasteiger partial charge in [-0.15, -0.1) is 0 Å². The van der Waals surface area contributed by atoms with Crippen molar-refractivity contribution in [1.29, 1.82) is 0 Å². The molecule has 0 aliphatic rings. The second-order valence-electron chi connectivity index (χ2n) is 7.60. The molecule has 0 amide bonds. The summed E-state index contributed by atoms with van der Waals surface area (Å²) in [6.07, 6.45) is 1.93. The molecule has 2 rings (SSSR count). The first-order chi connectivity index (χ1) is 14.6. The lowest BCUT2D eigenvalue weighted by molar-refractivity contribution is -0.134. The Morgan fingerprint density at radius 2 is 1.68 bits per heavy atom. The van der Waals surface area contributed by atoms with Gasteiger partial charge in [-0.3, -0.25) is 0 Å². The van der Waals surface area contributed by atoms with Crippen LogP contribution in [0.1, 0.15) is 37.8 Å². The zero-order chi connectivity index (χ0) is 23.4. The molecule has 0 saturated carbocycles. The van der Waals surface area contributed by atoms with E-state index in [0.717, 1.165) is 18.7 Å². The molecule has 0 spiro atoms. The number of ether oxygens (including phenoxy) is 1. The van der Waals surface area contributed by atoms with Crippen molar-refractivity contribution in [3.63, 3.8) is 0 Å². The van der Waals surface area contributed by atoms with Gasteiger partial charge in [-0.25, -0.2) is 9.59 Å². The predicted molar refractivity (Wildman–Crippen MR) is 123 cm³/mol. The largest absolute Gasteiger partial charge is 0.484 e. The van der Waals surface area contributed by atoms with E-state index in [4.69, 9.17) is 26.6 Å². The lowest BCUT2D eigenvalue weighted by Crippen LogP contribution is -2.44. The number of aliphatic carboxylic acids is 2. The summed E-state index contributed by atoms with van der Waals surface area (Å²) < 4.78 is 6.32. The molecule has 6 nitrogen and oxygen atoms in total. The molecule has 0 fully saturated rings. The number of carboxylic acids is 2. The van der Waals surface area contributed by atoms with Crippen molar-refractivity contribution in [2.75, 3.05) is 13.6 Å². The molecule has 7 heteroatoms. The van der Waals surface area contributed by atoms with Gasteiger partial charge in [0.25, 0.3) is 0 Å². The van der Waals surface area contributed by atoms with Crippen molar-refractivity contribution in [1.82, 2.24) is 5.32 Å². The molecule has 1 atom stereocenters. The maximum absolute atomic E-state index is 9.55. The van der Waals surface area contributed by atoms with E-state index < -0.39 is 11.9 Å². The average Bonchev–Trinajstić information content (AvgIpc) is 2.69. The van der Waals surface area contributed by atoms with Crippen molar-refractivity contribution in [3.05, 3.63) is 76.8 Å². The van der Waals surface area contributed by atoms with Gasteiger partial charge >= 0.3 is 11.9 Å². The van der Waals surface area contributed by atoms with E-state index in [-0.39, 0.29) is 5.60 Å². The molecule has 0 saturated heterocycles. The van der Waals surface area contributed by atoms with Crippen LogP contribution in [0.4, 0.5) is 0 Å². The summed E-state index contributed by atoms with van der Waals surface area (Å²) in [6.45, 7) is 7.17. The van der Waals surface area contributed by atoms with Crippen LogP contribution in [0.15, 0.2) is 60.7 Å². The SMILES string of the molecule is CNCC(C)(Cc1ccccc1)Oc1ccc(C(C)C)cc1Cl.O=C(O)/C=C\C(=O)O. The number of likely N-dealkylation sites (N-methyl/N-ethyl adjacent to an activating group) is 1. The van der Waals surface area contributed by atoms with E-state index in [2.05, 4.69) is 56.4 Å².